The molecule has 1 aliphatic heterocycles. The van der Waals surface area contributed by atoms with Crippen LogP contribution in [0, 0.1) is 23.2 Å². The number of aromatic nitrogens is 3. The Morgan fingerprint density at radius 3 is 2.79 bits per heavy atom. The molecule has 8 heteroatoms. The minimum atomic E-state index is -0.533. The summed E-state index contributed by atoms with van der Waals surface area (Å²) in [6.07, 6.45) is 8.20. The van der Waals surface area contributed by atoms with Crippen molar-refractivity contribution in [2.24, 2.45) is 11.8 Å². The summed E-state index contributed by atoms with van der Waals surface area (Å²) in [5.74, 6) is 0.153. The summed E-state index contributed by atoms with van der Waals surface area (Å²) in [6, 6.07) is 1.70. The van der Waals surface area contributed by atoms with Crippen molar-refractivity contribution in [2.75, 3.05) is 13.1 Å². The van der Waals surface area contributed by atoms with Crippen LogP contribution in [0.2, 0.25) is 0 Å². The van der Waals surface area contributed by atoms with Gasteiger partial charge in [-0.05, 0) is 38.0 Å². The van der Waals surface area contributed by atoms with Gasteiger partial charge in [0, 0.05) is 25.2 Å². The first kappa shape index (κ1) is 17.2. The maximum atomic E-state index is 13.0. The Hall–Kier alpha value is -2.95. The molecule has 0 bridgehead atoms. The fourth-order valence-corrected chi connectivity index (χ4v) is 3.95. The first-order valence-corrected chi connectivity index (χ1v) is 9.97. The third kappa shape index (κ3) is 3.11. The number of likely N-dealkylation sites (tertiary alicyclic amines) is 1. The highest BCUT2D eigenvalue weighted by atomic mass is 16.2. The lowest BCUT2D eigenvalue weighted by Gasteiger charge is -2.24. The summed E-state index contributed by atoms with van der Waals surface area (Å²) in [5, 5.41) is 12.0. The van der Waals surface area contributed by atoms with Gasteiger partial charge in [-0.25, -0.2) is 9.97 Å². The molecule has 1 saturated heterocycles. The molecule has 2 aromatic heterocycles. The predicted octanol–water partition coefficient (Wildman–Crippen LogP) is 1.72. The van der Waals surface area contributed by atoms with Gasteiger partial charge in [-0.2, -0.15) is 5.26 Å². The van der Waals surface area contributed by atoms with E-state index in [0.29, 0.717) is 42.2 Å². The quantitative estimate of drug-likeness (QED) is 0.822. The maximum absolute atomic E-state index is 13.0. The van der Waals surface area contributed by atoms with Crippen LogP contribution in [0.1, 0.15) is 54.1 Å². The van der Waals surface area contributed by atoms with E-state index < -0.39 is 6.04 Å². The van der Waals surface area contributed by atoms with Crippen molar-refractivity contribution in [3.05, 3.63) is 23.7 Å². The van der Waals surface area contributed by atoms with E-state index in [1.54, 1.807) is 17.3 Å². The molecule has 0 aromatic carbocycles. The molecule has 144 valence electrons. The minimum Gasteiger partial charge on any atom is -0.344 e. The monoisotopic (exact) mass is 378 g/mol. The molecule has 2 aliphatic carbocycles. The van der Waals surface area contributed by atoms with Crippen LogP contribution in [0.25, 0.3) is 11.2 Å². The van der Waals surface area contributed by atoms with Crippen molar-refractivity contribution in [3.8, 4) is 6.07 Å². The smallest absolute Gasteiger partial charge is 0.255 e. The largest absolute Gasteiger partial charge is 0.344 e. The summed E-state index contributed by atoms with van der Waals surface area (Å²) >= 11 is 0. The second kappa shape index (κ2) is 6.59. The summed E-state index contributed by atoms with van der Waals surface area (Å²) in [5.41, 5.74) is 2.50. The lowest BCUT2D eigenvalue weighted by molar-refractivity contribution is -0.132. The summed E-state index contributed by atoms with van der Waals surface area (Å²) in [6.45, 7) is 1.04. The molecule has 28 heavy (non-hydrogen) atoms. The highest BCUT2D eigenvalue weighted by Gasteiger charge is 2.41. The molecular formula is C20H22N6O2. The number of amides is 2. The number of nitriles is 1. The molecule has 0 radical (unpaired) electrons. The molecule has 0 unspecified atom stereocenters. The van der Waals surface area contributed by atoms with E-state index in [-0.39, 0.29) is 23.7 Å². The maximum Gasteiger partial charge on any atom is 0.255 e. The first-order chi connectivity index (χ1) is 13.6. The van der Waals surface area contributed by atoms with Crippen LogP contribution in [0.3, 0.4) is 0 Å². The molecule has 2 aromatic rings. The Morgan fingerprint density at radius 2 is 2.11 bits per heavy atom. The highest BCUT2D eigenvalue weighted by molar-refractivity contribution is 6.06. The zero-order valence-corrected chi connectivity index (χ0v) is 15.5. The van der Waals surface area contributed by atoms with Gasteiger partial charge >= 0.3 is 0 Å². The number of hydrogen-bond acceptors (Lipinski definition) is 5. The van der Waals surface area contributed by atoms with Gasteiger partial charge in [-0.3, -0.25) is 9.59 Å². The highest BCUT2D eigenvalue weighted by Crippen LogP contribution is 2.39. The molecule has 3 fully saturated rings. The van der Waals surface area contributed by atoms with E-state index in [9.17, 15) is 9.59 Å². The summed E-state index contributed by atoms with van der Waals surface area (Å²) < 4.78 is 0. The standard InChI is InChI=1S/C20H22N6O2/c21-7-11-5-6-26(10-11)20(28)16(13-3-4-13)25-19(27)14-8-22-18-17(14)24-15(9-23-18)12-1-2-12/h8-9,11-13,16H,1-6,10H2,(H,22,23)(H,25,27)/t11-,16+/m0/s1. The van der Waals surface area contributed by atoms with E-state index in [1.807, 2.05) is 0 Å². The number of carbonyl (C=O) groups excluding carboxylic acids is 2. The van der Waals surface area contributed by atoms with Crippen LogP contribution in [0.5, 0.6) is 0 Å². The van der Waals surface area contributed by atoms with E-state index in [0.717, 1.165) is 31.4 Å². The van der Waals surface area contributed by atoms with Crippen molar-refractivity contribution in [2.45, 2.75) is 44.1 Å². The van der Waals surface area contributed by atoms with E-state index in [4.69, 9.17) is 5.26 Å². The zero-order valence-electron chi connectivity index (χ0n) is 15.5. The molecule has 5 rings (SSSR count). The van der Waals surface area contributed by atoms with Gasteiger partial charge in [0.15, 0.2) is 5.65 Å². The molecule has 2 amide bonds. The second-order valence-electron chi connectivity index (χ2n) is 8.16. The van der Waals surface area contributed by atoms with E-state index in [2.05, 4.69) is 26.3 Å². The third-order valence-electron chi connectivity index (χ3n) is 5.97. The molecule has 2 saturated carbocycles. The van der Waals surface area contributed by atoms with Gasteiger partial charge in [0.2, 0.25) is 5.91 Å². The van der Waals surface area contributed by atoms with Gasteiger partial charge in [0.1, 0.15) is 11.6 Å². The number of aromatic amines is 1. The number of nitrogens with zero attached hydrogens (tertiary/aromatic N) is 4. The number of H-pyrrole nitrogens is 1. The van der Waals surface area contributed by atoms with Crippen LogP contribution in [0.4, 0.5) is 0 Å². The molecular weight excluding hydrogens is 356 g/mol. The third-order valence-corrected chi connectivity index (χ3v) is 5.97. The number of carbonyl (C=O) groups is 2. The van der Waals surface area contributed by atoms with E-state index >= 15 is 0 Å². The van der Waals surface area contributed by atoms with Crippen molar-refractivity contribution in [1.82, 2.24) is 25.2 Å². The second-order valence-corrected chi connectivity index (χ2v) is 8.16. The Bertz CT molecular complexity index is 984. The molecule has 0 spiro atoms. The normalized spacial score (nSPS) is 22.8. The first-order valence-electron chi connectivity index (χ1n) is 9.97. The lowest BCUT2D eigenvalue weighted by atomic mass is 10.1. The summed E-state index contributed by atoms with van der Waals surface area (Å²) in [4.78, 5) is 39.7. The van der Waals surface area contributed by atoms with Gasteiger partial charge in [0.25, 0.3) is 5.91 Å². The Balaban J connectivity index is 1.36. The number of hydrogen-bond donors (Lipinski definition) is 2. The van der Waals surface area contributed by atoms with E-state index in [1.165, 1.54) is 0 Å². The predicted molar refractivity (Wildman–Crippen MR) is 100 cm³/mol. The number of rotatable bonds is 5. The van der Waals surface area contributed by atoms with Crippen LogP contribution in [-0.4, -0.2) is 50.8 Å². The average molecular weight is 378 g/mol. The lowest BCUT2D eigenvalue weighted by Crippen LogP contribution is -2.49. The zero-order chi connectivity index (χ0) is 19.3. The van der Waals surface area contributed by atoms with Crippen molar-refractivity contribution in [3.63, 3.8) is 0 Å². The molecule has 8 nitrogen and oxygen atoms in total. The van der Waals surface area contributed by atoms with Crippen molar-refractivity contribution < 1.29 is 9.59 Å². The van der Waals surface area contributed by atoms with Gasteiger partial charge < -0.3 is 15.2 Å². The van der Waals surface area contributed by atoms with Gasteiger partial charge in [-0.1, -0.05) is 0 Å². The fourth-order valence-electron chi connectivity index (χ4n) is 3.95. The molecule has 2 atom stereocenters. The number of nitrogens with one attached hydrogen (secondary N) is 2. The Kier molecular flexibility index (Phi) is 4.04. The van der Waals surface area contributed by atoms with Crippen molar-refractivity contribution in [1.29, 1.82) is 5.26 Å². The Labute approximate surface area is 162 Å². The van der Waals surface area contributed by atoms with Gasteiger partial charge in [0.05, 0.1) is 29.4 Å². The van der Waals surface area contributed by atoms with Crippen LogP contribution >= 0.6 is 0 Å². The minimum absolute atomic E-state index is 0.0711. The molecule has 3 aliphatic rings. The number of fused-ring (bicyclic) bond motifs is 1. The fraction of sp³-hybridized carbons (Fsp3) is 0.550. The topological polar surface area (TPSA) is 115 Å². The Morgan fingerprint density at radius 1 is 1.29 bits per heavy atom. The molecule has 3 heterocycles. The SMILES string of the molecule is N#C[C@@H]1CCN(C(=O)[C@H](NC(=O)c2c[nH]c3ncc(C4CC4)nc23)C2CC2)C1. The van der Waals surface area contributed by atoms with Gasteiger partial charge in [-0.15, -0.1) is 0 Å². The summed E-state index contributed by atoms with van der Waals surface area (Å²) in [7, 11) is 0. The van der Waals surface area contributed by atoms with Crippen LogP contribution in [-0.2, 0) is 4.79 Å². The van der Waals surface area contributed by atoms with Crippen LogP contribution < -0.4 is 5.32 Å². The van der Waals surface area contributed by atoms with Crippen LogP contribution in [0.15, 0.2) is 12.4 Å². The average Bonchev–Trinajstić information content (AvgIpc) is 3.64. The molecule has 2 N–H and O–H groups in total. The van der Waals surface area contributed by atoms with Crippen molar-refractivity contribution >= 4 is 23.0 Å².